The maximum atomic E-state index is 12.5. The Morgan fingerprint density at radius 1 is 1.17 bits per heavy atom. The first kappa shape index (κ1) is 16.7. The van der Waals surface area contributed by atoms with E-state index in [2.05, 4.69) is 21.2 Å². The Labute approximate surface area is 150 Å². The van der Waals surface area contributed by atoms with Gasteiger partial charge in [-0.3, -0.25) is 9.59 Å². The van der Waals surface area contributed by atoms with Gasteiger partial charge in [0, 0.05) is 23.1 Å². The molecule has 2 amide bonds. The predicted octanol–water partition coefficient (Wildman–Crippen LogP) is 3.68. The summed E-state index contributed by atoms with van der Waals surface area (Å²) in [6.45, 7) is 2.38. The number of benzene rings is 2. The number of hydrogen-bond acceptors (Lipinski definition) is 2. The topological polar surface area (TPSA) is 49.4 Å². The SMILES string of the molecule is CC(NC(=O)C1CC(=O)N(c2ccc(Br)cc2)C1)c1ccccc1. The van der Waals surface area contributed by atoms with Crippen LogP contribution in [0.15, 0.2) is 59.1 Å². The molecule has 2 aromatic rings. The molecule has 4 nitrogen and oxygen atoms in total. The number of halogens is 1. The molecular formula is C19H19BrN2O2. The maximum Gasteiger partial charge on any atom is 0.227 e. The van der Waals surface area contributed by atoms with Crippen LogP contribution in [-0.2, 0) is 9.59 Å². The molecule has 124 valence electrons. The van der Waals surface area contributed by atoms with E-state index >= 15 is 0 Å². The summed E-state index contributed by atoms with van der Waals surface area (Å²) >= 11 is 3.39. The van der Waals surface area contributed by atoms with Gasteiger partial charge in [0.25, 0.3) is 0 Å². The quantitative estimate of drug-likeness (QED) is 0.870. The lowest BCUT2D eigenvalue weighted by Gasteiger charge is -2.19. The highest BCUT2D eigenvalue weighted by Gasteiger charge is 2.35. The van der Waals surface area contributed by atoms with E-state index < -0.39 is 0 Å². The van der Waals surface area contributed by atoms with Crippen LogP contribution in [-0.4, -0.2) is 18.4 Å². The van der Waals surface area contributed by atoms with Gasteiger partial charge in [-0.15, -0.1) is 0 Å². The molecule has 0 radical (unpaired) electrons. The first-order valence-corrected chi connectivity index (χ1v) is 8.75. The number of anilines is 1. The lowest BCUT2D eigenvalue weighted by Crippen LogP contribution is -2.34. The molecule has 1 saturated heterocycles. The van der Waals surface area contributed by atoms with Crippen LogP contribution in [0.3, 0.4) is 0 Å². The second-order valence-corrected chi connectivity index (χ2v) is 6.94. The molecule has 0 aliphatic carbocycles. The van der Waals surface area contributed by atoms with Crippen LogP contribution in [0.5, 0.6) is 0 Å². The highest BCUT2D eigenvalue weighted by molar-refractivity contribution is 9.10. The zero-order valence-corrected chi connectivity index (χ0v) is 15.0. The second-order valence-electron chi connectivity index (χ2n) is 6.02. The number of hydrogen-bond donors (Lipinski definition) is 1. The molecule has 5 heteroatoms. The summed E-state index contributed by atoms with van der Waals surface area (Å²) in [5, 5.41) is 3.01. The van der Waals surface area contributed by atoms with Crippen molar-refractivity contribution in [1.82, 2.24) is 5.32 Å². The third-order valence-corrected chi connectivity index (χ3v) is 4.82. The standard InChI is InChI=1S/C19H19BrN2O2/c1-13(14-5-3-2-4-6-14)21-19(24)15-11-18(23)22(12-15)17-9-7-16(20)8-10-17/h2-10,13,15H,11-12H2,1H3,(H,21,24). The molecule has 2 unspecified atom stereocenters. The molecule has 1 N–H and O–H groups in total. The number of nitrogens with one attached hydrogen (secondary N) is 1. The highest BCUT2D eigenvalue weighted by atomic mass is 79.9. The van der Waals surface area contributed by atoms with Crippen molar-refractivity contribution < 1.29 is 9.59 Å². The van der Waals surface area contributed by atoms with Gasteiger partial charge in [0.15, 0.2) is 0 Å². The molecule has 3 rings (SSSR count). The van der Waals surface area contributed by atoms with Gasteiger partial charge in [0.2, 0.25) is 11.8 Å². The van der Waals surface area contributed by atoms with Gasteiger partial charge in [-0.25, -0.2) is 0 Å². The maximum absolute atomic E-state index is 12.5. The van der Waals surface area contributed by atoms with E-state index in [1.807, 2.05) is 61.5 Å². The summed E-state index contributed by atoms with van der Waals surface area (Å²) in [5.74, 6) is -0.392. The molecule has 0 aromatic heterocycles. The van der Waals surface area contributed by atoms with Gasteiger partial charge in [-0.05, 0) is 36.8 Å². The number of carbonyl (C=O) groups excluding carboxylic acids is 2. The minimum absolute atomic E-state index is 0.00941. The predicted molar refractivity (Wildman–Crippen MR) is 97.6 cm³/mol. The summed E-state index contributed by atoms with van der Waals surface area (Å²) in [6, 6.07) is 17.3. The fourth-order valence-corrected chi connectivity index (χ4v) is 3.17. The summed E-state index contributed by atoms with van der Waals surface area (Å²) in [7, 11) is 0. The summed E-state index contributed by atoms with van der Waals surface area (Å²) in [4.78, 5) is 26.5. The number of nitrogens with zero attached hydrogens (tertiary/aromatic N) is 1. The van der Waals surface area contributed by atoms with E-state index in [4.69, 9.17) is 0 Å². The monoisotopic (exact) mass is 386 g/mol. The molecule has 0 spiro atoms. The second kappa shape index (κ2) is 7.18. The summed E-state index contributed by atoms with van der Waals surface area (Å²) < 4.78 is 0.962. The molecule has 24 heavy (non-hydrogen) atoms. The van der Waals surface area contributed by atoms with Crippen LogP contribution in [0.4, 0.5) is 5.69 Å². The Morgan fingerprint density at radius 3 is 2.50 bits per heavy atom. The third-order valence-electron chi connectivity index (χ3n) is 4.29. The van der Waals surface area contributed by atoms with Gasteiger partial charge in [0.1, 0.15) is 0 Å². The molecule has 2 atom stereocenters. The highest BCUT2D eigenvalue weighted by Crippen LogP contribution is 2.27. The Balaban J connectivity index is 1.64. The number of amides is 2. The molecule has 1 heterocycles. The minimum atomic E-state index is -0.313. The molecule has 1 aliphatic rings. The lowest BCUT2D eigenvalue weighted by atomic mass is 10.1. The third kappa shape index (κ3) is 3.67. The minimum Gasteiger partial charge on any atom is -0.349 e. The van der Waals surface area contributed by atoms with Gasteiger partial charge in [-0.2, -0.15) is 0 Å². The van der Waals surface area contributed by atoms with E-state index in [0.717, 1.165) is 15.7 Å². The molecule has 1 aliphatic heterocycles. The zero-order valence-electron chi connectivity index (χ0n) is 13.4. The Kier molecular flexibility index (Phi) is 5.00. The number of rotatable bonds is 4. The molecule has 0 bridgehead atoms. The average Bonchev–Trinajstić information content (AvgIpc) is 2.98. The fourth-order valence-electron chi connectivity index (χ4n) is 2.91. The van der Waals surface area contributed by atoms with Crippen molar-refractivity contribution >= 4 is 33.4 Å². The lowest BCUT2D eigenvalue weighted by molar-refractivity contribution is -0.126. The van der Waals surface area contributed by atoms with Crippen molar-refractivity contribution in [2.24, 2.45) is 5.92 Å². The Morgan fingerprint density at radius 2 is 1.83 bits per heavy atom. The summed E-state index contributed by atoms with van der Waals surface area (Å²) in [5.41, 5.74) is 1.88. The van der Waals surface area contributed by atoms with E-state index in [1.165, 1.54) is 0 Å². The van der Waals surface area contributed by atoms with Gasteiger partial charge in [-0.1, -0.05) is 46.3 Å². The average molecular weight is 387 g/mol. The van der Waals surface area contributed by atoms with Crippen LogP contribution >= 0.6 is 15.9 Å². The Bertz CT molecular complexity index is 731. The molecular weight excluding hydrogens is 368 g/mol. The fraction of sp³-hybridized carbons (Fsp3) is 0.263. The van der Waals surface area contributed by atoms with Crippen molar-refractivity contribution in [2.75, 3.05) is 11.4 Å². The van der Waals surface area contributed by atoms with Crippen molar-refractivity contribution in [3.63, 3.8) is 0 Å². The van der Waals surface area contributed by atoms with E-state index in [9.17, 15) is 9.59 Å². The largest absolute Gasteiger partial charge is 0.349 e. The van der Waals surface area contributed by atoms with Crippen LogP contribution in [0, 0.1) is 5.92 Å². The van der Waals surface area contributed by atoms with Crippen molar-refractivity contribution in [3.8, 4) is 0 Å². The first-order valence-electron chi connectivity index (χ1n) is 7.96. The van der Waals surface area contributed by atoms with Gasteiger partial charge >= 0.3 is 0 Å². The smallest absolute Gasteiger partial charge is 0.227 e. The molecule has 0 saturated carbocycles. The van der Waals surface area contributed by atoms with Gasteiger partial charge < -0.3 is 10.2 Å². The zero-order chi connectivity index (χ0) is 17.1. The van der Waals surface area contributed by atoms with Crippen molar-refractivity contribution in [3.05, 3.63) is 64.6 Å². The van der Waals surface area contributed by atoms with Crippen LogP contribution in [0.2, 0.25) is 0 Å². The van der Waals surface area contributed by atoms with Crippen LogP contribution in [0.25, 0.3) is 0 Å². The molecule has 2 aromatic carbocycles. The van der Waals surface area contributed by atoms with Crippen LogP contribution in [0.1, 0.15) is 24.9 Å². The first-order chi connectivity index (χ1) is 11.5. The Hall–Kier alpha value is -2.14. The number of carbonyl (C=O) groups is 2. The van der Waals surface area contributed by atoms with Crippen molar-refractivity contribution in [1.29, 1.82) is 0 Å². The van der Waals surface area contributed by atoms with E-state index in [1.54, 1.807) is 4.90 Å². The van der Waals surface area contributed by atoms with Crippen LogP contribution < -0.4 is 10.2 Å². The molecule has 1 fully saturated rings. The normalized spacial score (nSPS) is 18.5. The van der Waals surface area contributed by atoms with Gasteiger partial charge in [0.05, 0.1) is 12.0 Å². The summed E-state index contributed by atoms with van der Waals surface area (Å²) in [6.07, 6.45) is 0.253. The van der Waals surface area contributed by atoms with E-state index in [-0.39, 0.29) is 30.2 Å². The van der Waals surface area contributed by atoms with E-state index in [0.29, 0.717) is 6.54 Å². The van der Waals surface area contributed by atoms with Crippen molar-refractivity contribution in [2.45, 2.75) is 19.4 Å².